The van der Waals surface area contributed by atoms with Crippen LogP contribution in [-0.2, 0) is 11.8 Å². The van der Waals surface area contributed by atoms with E-state index in [1.807, 2.05) is 22.6 Å². The molecular formula is C27H24FIN6O4. The predicted octanol–water partition coefficient (Wildman–Crippen LogP) is 3.78. The van der Waals surface area contributed by atoms with Crippen LogP contribution in [0.4, 0.5) is 21.6 Å². The molecule has 0 amide bonds. The normalized spacial score (nSPS) is 14.8. The van der Waals surface area contributed by atoms with Crippen molar-refractivity contribution in [2.75, 3.05) is 23.8 Å². The Morgan fingerprint density at radius 1 is 1.08 bits per heavy atom. The van der Waals surface area contributed by atoms with Gasteiger partial charge in [0, 0.05) is 27.9 Å². The Kier molecular flexibility index (Phi) is 6.28. The van der Waals surface area contributed by atoms with Gasteiger partial charge < -0.3 is 15.4 Å². The summed E-state index contributed by atoms with van der Waals surface area (Å²) >= 11 is 2.00. The molecule has 0 unspecified atom stereocenters. The minimum atomic E-state index is -0.538. The average Bonchev–Trinajstić information content (AvgIpc) is 3.61. The molecule has 1 saturated carbocycles. The van der Waals surface area contributed by atoms with Crippen molar-refractivity contribution < 1.29 is 9.13 Å². The summed E-state index contributed by atoms with van der Waals surface area (Å²) in [6.45, 7) is 2.62. The van der Waals surface area contributed by atoms with Gasteiger partial charge in [-0.2, -0.15) is 0 Å². The monoisotopic (exact) mass is 642 g/mol. The fourth-order valence-electron chi connectivity index (χ4n) is 4.83. The zero-order chi connectivity index (χ0) is 27.4. The van der Waals surface area contributed by atoms with E-state index < -0.39 is 22.6 Å². The summed E-state index contributed by atoms with van der Waals surface area (Å²) < 4.78 is 24.9. The smallest absolute Gasteiger partial charge is 0.336 e. The SMILES string of the molecule is Cc1c(=O)n(C)c(Nc2ccc(I)cc2F)c2c(=O)n(C3CC3)c(=O)n(-c3cccc(NC4=NCCO4)c3)c12. The highest BCUT2D eigenvalue weighted by atomic mass is 127. The van der Waals surface area contributed by atoms with Crippen LogP contribution in [0.5, 0.6) is 0 Å². The first kappa shape index (κ1) is 25.3. The molecule has 1 aliphatic heterocycles. The van der Waals surface area contributed by atoms with Crippen LogP contribution in [0.15, 0.2) is 61.8 Å². The quantitative estimate of drug-likeness (QED) is 0.321. The fraction of sp³-hybridized carbons (Fsp3) is 0.259. The molecule has 1 aliphatic carbocycles. The summed E-state index contributed by atoms with van der Waals surface area (Å²) in [5.74, 6) is -0.424. The number of aryl methyl sites for hydroxylation is 1. The first-order chi connectivity index (χ1) is 18.7. The second-order valence-electron chi connectivity index (χ2n) is 9.55. The number of nitrogens with one attached hydrogen (secondary N) is 2. The number of fused-ring (bicyclic) bond motifs is 1. The number of anilines is 3. The summed E-state index contributed by atoms with van der Waals surface area (Å²) in [6.07, 6.45) is 1.39. The number of halogens is 2. The minimum Gasteiger partial charge on any atom is -0.463 e. The summed E-state index contributed by atoms with van der Waals surface area (Å²) in [6, 6.07) is 11.8. The number of rotatable bonds is 5. The van der Waals surface area contributed by atoms with Gasteiger partial charge in [-0.15, -0.1) is 0 Å². The van der Waals surface area contributed by atoms with Gasteiger partial charge in [0.2, 0.25) is 0 Å². The van der Waals surface area contributed by atoms with E-state index >= 15 is 0 Å². The maximum atomic E-state index is 14.9. The largest absolute Gasteiger partial charge is 0.463 e. The van der Waals surface area contributed by atoms with Crippen molar-refractivity contribution in [3.63, 3.8) is 0 Å². The third-order valence-corrected chi connectivity index (χ3v) is 7.55. The molecule has 4 aromatic rings. The molecule has 10 nitrogen and oxygen atoms in total. The van der Waals surface area contributed by atoms with E-state index in [1.54, 1.807) is 43.3 Å². The van der Waals surface area contributed by atoms with E-state index in [9.17, 15) is 18.8 Å². The molecule has 2 N–H and O–H groups in total. The van der Waals surface area contributed by atoms with Crippen LogP contribution in [-0.4, -0.2) is 32.9 Å². The van der Waals surface area contributed by atoms with E-state index in [0.29, 0.717) is 47.0 Å². The summed E-state index contributed by atoms with van der Waals surface area (Å²) in [4.78, 5) is 45.5. The van der Waals surface area contributed by atoms with Crippen LogP contribution in [0.25, 0.3) is 16.6 Å². The third kappa shape index (κ3) is 4.41. The molecule has 0 atom stereocenters. The van der Waals surface area contributed by atoms with Crippen molar-refractivity contribution in [2.45, 2.75) is 25.8 Å². The number of nitrogens with zero attached hydrogens (tertiary/aromatic N) is 4. The maximum Gasteiger partial charge on any atom is 0.336 e. The molecule has 3 heterocycles. The van der Waals surface area contributed by atoms with Gasteiger partial charge in [0.05, 0.1) is 23.4 Å². The first-order valence-corrected chi connectivity index (χ1v) is 13.5. The number of hydrogen-bond acceptors (Lipinski definition) is 7. The highest BCUT2D eigenvalue weighted by Crippen LogP contribution is 2.34. The lowest BCUT2D eigenvalue weighted by atomic mass is 10.1. The molecule has 1 fully saturated rings. The minimum absolute atomic E-state index is 0.106. The molecule has 0 spiro atoms. The molecule has 2 aromatic heterocycles. The number of hydrogen-bond donors (Lipinski definition) is 2. The van der Waals surface area contributed by atoms with Crippen molar-refractivity contribution in [3.8, 4) is 5.69 Å². The number of benzene rings is 2. The van der Waals surface area contributed by atoms with Crippen molar-refractivity contribution in [1.29, 1.82) is 0 Å². The van der Waals surface area contributed by atoms with Gasteiger partial charge in [0.25, 0.3) is 17.1 Å². The van der Waals surface area contributed by atoms with Crippen molar-refractivity contribution >= 4 is 56.7 Å². The molecule has 12 heteroatoms. The van der Waals surface area contributed by atoms with E-state index in [1.165, 1.54) is 26.8 Å². The number of ether oxygens (including phenoxy) is 1. The first-order valence-electron chi connectivity index (χ1n) is 12.4. The van der Waals surface area contributed by atoms with Crippen molar-refractivity contribution in [2.24, 2.45) is 12.0 Å². The molecule has 2 aliphatic rings. The van der Waals surface area contributed by atoms with Gasteiger partial charge in [-0.1, -0.05) is 6.07 Å². The lowest BCUT2D eigenvalue weighted by Gasteiger charge is -2.21. The average molecular weight is 642 g/mol. The zero-order valence-electron chi connectivity index (χ0n) is 21.1. The Bertz CT molecular complexity index is 1870. The number of amidine groups is 1. The lowest BCUT2D eigenvalue weighted by Crippen LogP contribution is -2.41. The summed E-state index contributed by atoms with van der Waals surface area (Å²) in [7, 11) is 1.52. The molecule has 6 rings (SSSR count). The molecule has 0 bridgehead atoms. The second kappa shape index (κ2) is 9.67. The lowest BCUT2D eigenvalue weighted by molar-refractivity contribution is 0.346. The molecule has 0 saturated heterocycles. The Morgan fingerprint density at radius 3 is 2.56 bits per heavy atom. The van der Waals surface area contributed by atoms with Gasteiger partial charge in [-0.05, 0) is 78.8 Å². The fourth-order valence-corrected chi connectivity index (χ4v) is 5.28. The third-order valence-electron chi connectivity index (χ3n) is 6.88. The Hall–Kier alpha value is -3.94. The highest BCUT2D eigenvalue weighted by Gasteiger charge is 2.31. The standard InChI is InChI=1S/C27H24FIN6O4/c1-14-22-21(23(33(2)24(14)36)32-20-9-6-15(29)12-19(20)28)25(37)35(17-7-8-17)27(38)34(22)18-5-3-4-16(13-18)31-26-30-10-11-39-26/h3-6,9,12-13,17,32H,7-8,10-11H2,1-2H3,(H,30,31). The second-order valence-corrected chi connectivity index (χ2v) is 10.8. The van der Waals surface area contributed by atoms with E-state index in [4.69, 9.17) is 4.74 Å². The van der Waals surface area contributed by atoms with Gasteiger partial charge >= 0.3 is 5.69 Å². The molecule has 39 heavy (non-hydrogen) atoms. The molecule has 200 valence electrons. The van der Waals surface area contributed by atoms with E-state index in [0.717, 1.165) is 0 Å². The van der Waals surface area contributed by atoms with Crippen LogP contribution in [0.3, 0.4) is 0 Å². The van der Waals surface area contributed by atoms with Gasteiger partial charge in [-0.3, -0.25) is 23.3 Å². The van der Waals surface area contributed by atoms with E-state index in [-0.39, 0.29) is 34.0 Å². The zero-order valence-corrected chi connectivity index (χ0v) is 23.3. The molecule has 2 aromatic carbocycles. The predicted molar refractivity (Wildman–Crippen MR) is 156 cm³/mol. The van der Waals surface area contributed by atoms with Gasteiger partial charge in [0.1, 0.15) is 23.6 Å². The Morgan fingerprint density at radius 2 is 1.87 bits per heavy atom. The Balaban J connectivity index is 1.66. The van der Waals surface area contributed by atoms with Gasteiger partial charge in [-0.25, -0.2) is 14.2 Å². The number of pyridine rings is 1. The van der Waals surface area contributed by atoms with Crippen LogP contribution in [0, 0.1) is 16.3 Å². The van der Waals surface area contributed by atoms with Crippen LogP contribution in [0.2, 0.25) is 0 Å². The number of aromatic nitrogens is 3. The summed E-state index contributed by atoms with van der Waals surface area (Å²) in [5.41, 5.74) is 0.0900. The molecular weight excluding hydrogens is 618 g/mol. The van der Waals surface area contributed by atoms with E-state index in [2.05, 4.69) is 15.6 Å². The van der Waals surface area contributed by atoms with Crippen molar-refractivity contribution in [3.05, 3.63) is 88.6 Å². The summed E-state index contributed by atoms with van der Waals surface area (Å²) in [5, 5.41) is 6.19. The van der Waals surface area contributed by atoms with Crippen molar-refractivity contribution in [1.82, 2.24) is 13.7 Å². The van der Waals surface area contributed by atoms with Crippen LogP contribution < -0.4 is 27.4 Å². The maximum absolute atomic E-state index is 14.9. The van der Waals surface area contributed by atoms with Crippen LogP contribution >= 0.6 is 22.6 Å². The van der Waals surface area contributed by atoms with Gasteiger partial charge in [0.15, 0.2) is 0 Å². The molecule has 0 radical (unpaired) electrons. The Labute approximate surface area is 234 Å². The topological polar surface area (TPSA) is 112 Å². The van der Waals surface area contributed by atoms with Crippen LogP contribution in [0.1, 0.15) is 24.4 Å². The number of aliphatic imine (C=N–C) groups is 1. The highest BCUT2D eigenvalue weighted by molar-refractivity contribution is 14.1.